The lowest BCUT2D eigenvalue weighted by atomic mass is 10.1. The number of aromatic nitrogens is 2. The standard InChI is InChI=1S/C10H6N2O4/c13-4-8(14)9(15)5-1-2-6-7(3-5)12-10(16)11-6/h1-4H,(H2,11,12,16). The van der Waals surface area contributed by atoms with Gasteiger partial charge >= 0.3 is 0 Å². The zero-order valence-corrected chi connectivity index (χ0v) is 7.93. The highest BCUT2D eigenvalue weighted by Gasteiger charge is 2.16. The van der Waals surface area contributed by atoms with Crippen molar-refractivity contribution in [3.8, 4) is 6.01 Å². The lowest BCUT2D eigenvalue weighted by Crippen LogP contribution is -2.14. The highest BCUT2D eigenvalue weighted by atomic mass is 16.3. The summed E-state index contributed by atoms with van der Waals surface area (Å²) >= 11 is 0. The summed E-state index contributed by atoms with van der Waals surface area (Å²) in [5.74, 6) is -1.99. The lowest BCUT2D eigenvalue weighted by molar-refractivity contribution is -0.126. The van der Waals surface area contributed by atoms with Crippen LogP contribution in [0.2, 0.25) is 0 Å². The van der Waals surface area contributed by atoms with Crippen LogP contribution in [-0.2, 0) is 9.59 Å². The molecule has 0 fully saturated rings. The van der Waals surface area contributed by atoms with Crippen molar-refractivity contribution in [1.29, 1.82) is 0 Å². The minimum atomic E-state index is -1.11. The molecule has 0 aliphatic heterocycles. The second-order valence-corrected chi connectivity index (χ2v) is 3.10. The summed E-state index contributed by atoms with van der Waals surface area (Å²) in [6.45, 7) is 0. The zero-order valence-electron chi connectivity index (χ0n) is 7.93. The molecule has 0 atom stereocenters. The molecule has 16 heavy (non-hydrogen) atoms. The Balaban J connectivity index is 2.50. The first-order valence-electron chi connectivity index (χ1n) is 4.34. The van der Waals surface area contributed by atoms with Gasteiger partial charge in [0, 0.05) is 5.56 Å². The maximum atomic E-state index is 11.3. The van der Waals surface area contributed by atoms with Gasteiger partial charge in [-0.05, 0) is 18.2 Å². The topological polar surface area (TPSA) is 100 Å². The Morgan fingerprint density at radius 3 is 2.81 bits per heavy atom. The molecule has 1 heterocycles. The number of hydrogen-bond acceptors (Lipinski definition) is 5. The Morgan fingerprint density at radius 2 is 2.12 bits per heavy atom. The van der Waals surface area contributed by atoms with Crippen molar-refractivity contribution >= 4 is 28.9 Å². The van der Waals surface area contributed by atoms with Gasteiger partial charge in [-0.25, -0.2) is 0 Å². The van der Waals surface area contributed by atoms with E-state index in [2.05, 4.69) is 9.97 Å². The van der Waals surface area contributed by atoms with E-state index >= 15 is 0 Å². The van der Waals surface area contributed by atoms with E-state index in [9.17, 15) is 14.4 Å². The molecule has 0 bridgehead atoms. The predicted molar refractivity (Wildman–Crippen MR) is 53.2 cm³/mol. The fraction of sp³-hybridized carbons (Fsp3) is 0. The fourth-order valence-corrected chi connectivity index (χ4v) is 1.33. The number of Topliss-reactive ketones (excluding diaryl/α,β-unsaturated/α-hetero) is 2. The minimum Gasteiger partial charge on any atom is -0.480 e. The molecule has 0 saturated heterocycles. The molecule has 0 radical (unpaired) electrons. The number of fused-ring (bicyclic) bond motifs is 1. The van der Waals surface area contributed by atoms with Gasteiger partial charge in [-0.3, -0.25) is 14.4 Å². The number of imidazole rings is 1. The lowest BCUT2D eigenvalue weighted by Gasteiger charge is -1.95. The first-order chi connectivity index (χ1) is 7.61. The number of benzene rings is 1. The summed E-state index contributed by atoms with van der Waals surface area (Å²) in [7, 11) is 0. The van der Waals surface area contributed by atoms with Gasteiger partial charge in [0.05, 0.1) is 11.0 Å². The average molecular weight is 218 g/mol. The molecule has 80 valence electrons. The van der Waals surface area contributed by atoms with Gasteiger partial charge in [-0.15, -0.1) is 0 Å². The molecule has 1 aromatic heterocycles. The van der Waals surface area contributed by atoms with Gasteiger partial charge in [0.1, 0.15) is 0 Å². The third-order valence-electron chi connectivity index (χ3n) is 2.06. The Labute approximate surface area is 88.9 Å². The number of carbonyl (C=O) groups is 3. The van der Waals surface area contributed by atoms with Crippen LogP contribution in [0.5, 0.6) is 6.01 Å². The molecule has 6 nitrogen and oxygen atoms in total. The number of nitrogens with one attached hydrogen (secondary N) is 1. The van der Waals surface area contributed by atoms with E-state index in [0.717, 1.165) is 0 Å². The van der Waals surface area contributed by atoms with Crippen molar-refractivity contribution in [2.45, 2.75) is 0 Å². The molecule has 0 aliphatic carbocycles. The van der Waals surface area contributed by atoms with Crippen molar-refractivity contribution < 1.29 is 19.5 Å². The molecule has 0 aliphatic rings. The second-order valence-electron chi connectivity index (χ2n) is 3.10. The van der Waals surface area contributed by atoms with Crippen LogP contribution in [0.4, 0.5) is 0 Å². The van der Waals surface area contributed by atoms with Gasteiger partial charge in [0.15, 0.2) is 6.29 Å². The van der Waals surface area contributed by atoms with Crippen LogP contribution >= 0.6 is 0 Å². The van der Waals surface area contributed by atoms with Gasteiger partial charge in [-0.2, -0.15) is 4.98 Å². The van der Waals surface area contributed by atoms with E-state index in [1.165, 1.54) is 18.2 Å². The van der Waals surface area contributed by atoms with E-state index in [4.69, 9.17) is 5.11 Å². The highest BCUT2D eigenvalue weighted by molar-refractivity contribution is 6.61. The maximum Gasteiger partial charge on any atom is 0.292 e. The molecule has 2 N–H and O–H groups in total. The molecule has 6 heteroatoms. The number of aromatic hydroxyl groups is 1. The number of aldehydes is 1. The van der Waals surface area contributed by atoms with E-state index in [1.807, 2.05) is 0 Å². The number of H-pyrrole nitrogens is 1. The monoisotopic (exact) mass is 218 g/mol. The van der Waals surface area contributed by atoms with Crippen molar-refractivity contribution in [2.75, 3.05) is 0 Å². The Morgan fingerprint density at radius 1 is 1.38 bits per heavy atom. The number of hydrogen-bond donors (Lipinski definition) is 2. The van der Waals surface area contributed by atoms with Crippen LogP contribution < -0.4 is 0 Å². The summed E-state index contributed by atoms with van der Waals surface area (Å²) in [5.41, 5.74) is 0.961. The Hall–Kier alpha value is -2.50. The van der Waals surface area contributed by atoms with Crippen LogP contribution in [-0.4, -0.2) is 32.9 Å². The van der Waals surface area contributed by atoms with E-state index in [0.29, 0.717) is 11.0 Å². The molecular weight excluding hydrogens is 212 g/mol. The number of aromatic amines is 1. The van der Waals surface area contributed by atoms with Crippen molar-refractivity contribution in [1.82, 2.24) is 9.97 Å². The quantitative estimate of drug-likeness (QED) is 0.332. The molecule has 2 rings (SSSR count). The van der Waals surface area contributed by atoms with E-state index in [1.54, 1.807) is 0 Å². The first-order valence-corrected chi connectivity index (χ1v) is 4.34. The van der Waals surface area contributed by atoms with Crippen molar-refractivity contribution in [3.05, 3.63) is 23.8 Å². The van der Waals surface area contributed by atoms with Gasteiger partial charge < -0.3 is 10.1 Å². The molecule has 1 aromatic carbocycles. The molecule has 2 aromatic rings. The fourth-order valence-electron chi connectivity index (χ4n) is 1.33. The molecule has 0 spiro atoms. The van der Waals surface area contributed by atoms with Crippen LogP contribution in [0.1, 0.15) is 10.4 Å². The maximum absolute atomic E-state index is 11.3. The minimum absolute atomic E-state index is 0.0308. The Bertz CT molecular complexity index is 600. The van der Waals surface area contributed by atoms with Gasteiger partial charge in [-0.1, -0.05) is 0 Å². The van der Waals surface area contributed by atoms with Crippen LogP contribution in [0, 0.1) is 0 Å². The van der Waals surface area contributed by atoms with Gasteiger partial charge in [0.2, 0.25) is 5.78 Å². The summed E-state index contributed by atoms with van der Waals surface area (Å²) < 4.78 is 0. The second kappa shape index (κ2) is 3.58. The van der Waals surface area contributed by atoms with Crippen molar-refractivity contribution in [3.63, 3.8) is 0 Å². The molecule has 0 saturated carbocycles. The van der Waals surface area contributed by atoms with Crippen molar-refractivity contribution in [2.24, 2.45) is 0 Å². The van der Waals surface area contributed by atoms with Gasteiger partial charge in [0.25, 0.3) is 11.8 Å². The van der Waals surface area contributed by atoms with E-state index < -0.39 is 11.6 Å². The third-order valence-corrected chi connectivity index (χ3v) is 2.06. The summed E-state index contributed by atoms with van der Waals surface area (Å²) in [6, 6.07) is 3.91. The SMILES string of the molecule is O=CC(=O)C(=O)c1ccc2nc(O)[nH]c2c1. The third kappa shape index (κ3) is 1.56. The van der Waals surface area contributed by atoms with E-state index in [-0.39, 0.29) is 17.9 Å². The smallest absolute Gasteiger partial charge is 0.292 e. The average Bonchev–Trinajstić information content (AvgIpc) is 2.65. The summed E-state index contributed by atoms with van der Waals surface area (Å²) in [5, 5.41) is 9.07. The van der Waals surface area contributed by atoms with Crippen LogP contribution in [0.15, 0.2) is 18.2 Å². The number of carbonyl (C=O) groups excluding carboxylic acids is 3. The normalized spacial score (nSPS) is 10.2. The number of nitrogens with zero attached hydrogens (tertiary/aromatic N) is 1. The molecule has 0 unspecified atom stereocenters. The largest absolute Gasteiger partial charge is 0.480 e. The molecular formula is C10H6N2O4. The summed E-state index contributed by atoms with van der Waals surface area (Å²) in [6.07, 6.45) is -0.0308. The number of rotatable bonds is 3. The summed E-state index contributed by atoms with van der Waals surface area (Å²) in [4.78, 5) is 38.6. The zero-order chi connectivity index (χ0) is 11.7. The van der Waals surface area contributed by atoms with Crippen LogP contribution in [0.25, 0.3) is 11.0 Å². The highest BCUT2D eigenvalue weighted by Crippen LogP contribution is 2.16. The Kier molecular flexibility index (Phi) is 2.24. The predicted octanol–water partition coefficient (Wildman–Crippen LogP) is 0.219. The number of ketones is 2. The van der Waals surface area contributed by atoms with Crippen LogP contribution in [0.3, 0.4) is 0 Å². The molecule has 0 amide bonds. The first kappa shape index (κ1) is 10.0.